The van der Waals surface area contributed by atoms with Crippen LogP contribution in [0.25, 0.3) is 0 Å². The smallest absolute Gasteiger partial charge is 0.339 e. The van der Waals surface area contributed by atoms with Gasteiger partial charge in [0.2, 0.25) is 0 Å². The minimum Gasteiger partial charge on any atom is -0.423 e. The Morgan fingerprint density at radius 3 is 2.55 bits per heavy atom. The van der Waals surface area contributed by atoms with Crippen LogP contribution in [0.15, 0.2) is 23.0 Å². The van der Waals surface area contributed by atoms with Crippen molar-refractivity contribution in [3.8, 4) is 0 Å². The first-order chi connectivity index (χ1) is 9.08. The summed E-state index contributed by atoms with van der Waals surface area (Å²) in [5.74, 6) is -0.653. The number of carbonyl (C=O) groups excluding carboxylic acids is 1. The summed E-state index contributed by atoms with van der Waals surface area (Å²) in [5.41, 5.74) is -2.90. The summed E-state index contributed by atoms with van der Waals surface area (Å²) in [6.07, 6.45) is 2.46. The maximum Gasteiger partial charge on any atom is 0.339 e. The van der Waals surface area contributed by atoms with Gasteiger partial charge in [0.1, 0.15) is 17.0 Å². The lowest BCUT2D eigenvalue weighted by Crippen LogP contribution is -2.56. The molecule has 3 rings (SSSR count). The summed E-state index contributed by atoms with van der Waals surface area (Å²) >= 11 is 0. The zero-order valence-corrected chi connectivity index (χ0v) is 11.9. The van der Waals surface area contributed by atoms with Crippen LogP contribution in [0.1, 0.15) is 40.0 Å². The molecule has 0 spiro atoms. The third kappa shape index (κ3) is 1.57. The summed E-state index contributed by atoms with van der Waals surface area (Å²) in [4.78, 5) is 11.7. The Bertz CT molecular complexity index is 555. The topological polar surface area (TPSA) is 87.0 Å². The minimum absolute atomic E-state index is 0.307. The van der Waals surface area contributed by atoms with Crippen LogP contribution in [0, 0.1) is 5.92 Å². The highest BCUT2D eigenvalue weighted by Crippen LogP contribution is 2.55. The fourth-order valence-electron chi connectivity index (χ4n) is 3.80. The Labute approximate surface area is 117 Å². The molecular formula is C15H20O5. The summed E-state index contributed by atoms with van der Waals surface area (Å²) < 4.78 is 5.17. The Balaban J connectivity index is 2.18. The molecule has 0 bridgehead atoms. The number of ether oxygens (including phenoxy) is 1. The molecule has 0 radical (unpaired) electrons. The molecule has 20 heavy (non-hydrogen) atoms. The van der Waals surface area contributed by atoms with Crippen molar-refractivity contribution >= 4 is 5.97 Å². The zero-order valence-electron chi connectivity index (χ0n) is 11.9. The molecule has 4 atom stereocenters. The maximum absolute atomic E-state index is 11.7. The number of aliphatic hydroxyl groups is 3. The van der Waals surface area contributed by atoms with Crippen LogP contribution in [0.4, 0.5) is 0 Å². The largest absolute Gasteiger partial charge is 0.423 e. The number of allylic oxidation sites excluding steroid dienone is 1. The van der Waals surface area contributed by atoms with E-state index in [1.807, 2.05) is 0 Å². The van der Waals surface area contributed by atoms with Crippen LogP contribution in [0.3, 0.4) is 0 Å². The molecule has 1 aliphatic heterocycles. The fourth-order valence-corrected chi connectivity index (χ4v) is 3.80. The molecule has 3 N–H and O–H groups in total. The van der Waals surface area contributed by atoms with Crippen molar-refractivity contribution in [3.05, 3.63) is 23.0 Å². The zero-order chi connectivity index (χ0) is 14.9. The molecule has 0 amide bonds. The molecule has 1 fully saturated rings. The average molecular weight is 280 g/mol. The second-order valence-corrected chi connectivity index (χ2v) is 6.69. The standard InChI is InChI=1S/C15H20O5/c1-8-9-6-11-13(2,17)4-5-15(11,19)14(3,18)7-10(9)20-12(8)16/h7,11,17-19H,4-6H2,1-3H3/t11-,13+,14-,15-/m1/s1. The first-order valence-electron chi connectivity index (χ1n) is 6.91. The van der Waals surface area contributed by atoms with E-state index in [-0.39, 0.29) is 0 Å². The van der Waals surface area contributed by atoms with Crippen LogP contribution < -0.4 is 0 Å². The van der Waals surface area contributed by atoms with E-state index < -0.39 is 28.7 Å². The summed E-state index contributed by atoms with van der Waals surface area (Å²) in [6, 6.07) is 0. The maximum atomic E-state index is 11.7. The second-order valence-electron chi connectivity index (χ2n) is 6.69. The van der Waals surface area contributed by atoms with Crippen LogP contribution in [-0.4, -0.2) is 38.1 Å². The first kappa shape index (κ1) is 13.8. The summed E-state index contributed by atoms with van der Waals surface area (Å²) in [7, 11) is 0. The van der Waals surface area contributed by atoms with E-state index in [9.17, 15) is 20.1 Å². The van der Waals surface area contributed by atoms with E-state index in [0.29, 0.717) is 36.2 Å². The first-order valence-corrected chi connectivity index (χ1v) is 6.91. The lowest BCUT2D eigenvalue weighted by Gasteiger charge is -2.42. The number of rotatable bonds is 0. The van der Waals surface area contributed by atoms with E-state index in [1.54, 1.807) is 13.8 Å². The predicted molar refractivity (Wildman–Crippen MR) is 70.4 cm³/mol. The second kappa shape index (κ2) is 3.72. The molecule has 5 heteroatoms. The molecule has 0 aromatic rings. The van der Waals surface area contributed by atoms with Gasteiger partial charge in [-0.15, -0.1) is 0 Å². The van der Waals surface area contributed by atoms with Crippen LogP contribution in [0.5, 0.6) is 0 Å². The van der Waals surface area contributed by atoms with Crippen molar-refractivity contribution < 1.29 is 24.9 Å². The van der Waals surface area contributed by atoms with Gasteiger partial charge in [0, 0.05) is 17.1 Å². The van der Waals surface area contributed by atoms with E-state index in [0.717, 1.165) is 0 Å². The Hall–Kier alpha value is -1.17. The monoisotopic (exact) mass is 280 g/mol. The molecule has 2 aliphatic carbocycles. The van der Waals surface area contributed by atoms with Crippen molar-refractivity contribution in [2.75, 3.05) is 0 Å². The van der Waals surface area contributed by atoms with Gasteiger partial charge in [-0.2, -0.15) is 0 Å². The van der Waals surface area contributed by atoms with Gasteiger partial charge in [-0.05, 0) is 46.1 Å². The molecule has 1 saturated carbocycles. The molecule has 1 heterocycles. The Morgan fingerprint density at radius 2 is 1.90 bits per heavy atom. The summed E-state index contributed by atoms with van der Waals surface area (Å²) in [5, 5.41) is 32.2. The Morgan fingerprint density at radius 1 is 1.25 bits per heavy atom. The SMILES string of the molecule is CC1=C2C[C@@H]3[C@@](C)(O)CC[C@]3(O)[C@](C)(O)C=C2OC1=O. The highest BCUT2D eigenvalue weighted by atomic mass is 16.5. The minimum atomic E-state index is -1.56. The molecule has 110 valence electrons. The molecule has 5 nitrogen and oxygen atoms in total. The lowest BCUT2D eigenvalue weighted by atomic mass is 9.72. The van der Waals surface area contributed by atoms with Crippen molar-refractivity contribution in [1.29, 1.82) is 0 Å². The quantitative estimate of drug-likeness (QED) is 0.571. The lowest BCUT2D eigenvalue weighted by molar-refractivity contribution is -0.157. The molecule has 0 saturated heterocycles. The van der Waals surface area contributed by atoms with E-state index in [1.165, 1.54) is 13.0 Å². The number of hydrogen-bond donors (Lipinski definition) is 3. The molecule has 0 aromatic heterocycles. The molecule has 3 aliphatic rings. The Kier molecular flexibility index (Phi) is 2.57. The van der Waals surface area contributed by atoms with Crippen LogP contribution in [0.2, 0.25) is 0 Å². The van der Waals surface area contributed by atoms with Crippen LogP contribution in [-0.2, 0) is 9.53 Å². The van der Waals surface area contributed by atoms with Gasteiger partial charge in [-0.1, -0.05) is 0 Å². The highest BCUT2D eigenvalue weighted by molar-refractivity contribution is 5.94. The van der Waals surface area contributed by atoms with E-state index in [2.05, 4.69) is 0 Å². The van der Waals surface area contributed by atoms with Crippen LogP contribution >= 0.6 is 0 Å². The van der Waals surface area contributed by atoms with Crippen molar-refractivity contribution in [3.63, 3.8) is 0 Å². The summed E-state index contributed by atoms with van der Waals surface area (Å²) in [6.45, 7) is 4.84. The van der Waals surface area contributed by atoms with Crippen molar-refractivity contribution in [2.45, 2.75) is 56.8 Å². The van der Waals surface area contributed by atoms with E-state index in [4.69, 9.17) is 4.74 Å². The van der Waals surface area contributed by atoms with Gasteiger partial charge in [0.25, 0.3) is 0 Å². The molecule has 0 aromatic carbocycles. The van der Waals surface area contributed by atoms with Gasteiger partial charge in [0.15, 0.2) is 0 Å². The average Bonchev–Trinajstić information content (AvgIpc) is 2.67. The normalized spacial score (nSPS) is 47.6. The fraction of sp³-hybridized carbons (Fsp3) is 0.667. The third-order valence-corrected chi connectivity index (χ3v) is 5.30. The molecular weight excluding hydrogens is 260 g/mol. The van der Waals surface area contributed by atoms with E-state index >= 15 is 0 Å². The number of carbonyl (C=O) groups is 1. The third-order valence-electron chi connectivity index (χ3n) is 5.30. The van der Waals surface area contributed by atoms with Crippen molar-refractivity contribution in [2.24, 2.45) is 5.92 Å². The highest BCUT2D eigenvalue weighted by Gasteiger charge is 2.62. The molecule has 0 unspecified atom stereocenters. The van der Waals surface area contributed by atoms with Gasteiger partial charge >= 0.3 is 5.97 Å². The number of hydrogen-bond acceptors (Lipinski definition) is 5. The van der Waals surface area contributed by atoms with Gasteiger partial charge in [0.05, 0.1) is 5.60 Å². The van der Waals surface area contributed by atoms with Gasteiger partial charge in [-0.25, -0.2) is 4.79 Å². The van der Waals surface area contributed by atoms with Gasteiger partial charge in [-0.3, -0.25) is 0 Å². The number of esters is 1. The number of fused-ring (bicyclic) bond motifs is 2. The van der Waals surface area contributed by atoms with Gasteiger partial charge < -0.3 is 20.1 Å². The predicted octanol–water partition coefficient (Wildman–Crippen LogP) is 0.790. The van der Waals surface area contributed by atoms with Crippen molar-refractivity contribution in [1.82, 2.24) is 0 Å².